The molecule has 8 nitrogen and oxygen atoms in total. The maximum atomic E-state index is 6.14. The molecule has 9 heteroatoms. The molecule has 0 radical (unpaired) electrons. The van der Waals surface area contributed by atoms with E-state index in [1.54, 1.807) is 19.2 Å². The first-order valence-corrected chi connectivity index (χ1v) is 8.56. The van der Waals surface area contributed by atoms with E-state index in [1.165, 1.54) is 6.20 Å². The average Bonchev–Trinajstić information content (AvgIpc) is 2.68. The molecule has 1 aliphatic heterocycles. The van der Waals surface area contributed by atoms with E-state index >= 15 is 0 Å². The molecule has 0 bridgehead atoms. The molecule has 138 valence electrons. The van der Waals surface area contributed by atoms with Gasteiger partial charge in [0.15, 0.2) is 17.3 Å². The number of nitrogens with one attached hydrogen (secondary N) is 2. The molecule has 2 N–H and O–H groups in total. The molecule has 0 spiro atoms. The van der Waals surface area contributed by atoms with E-state index in [9.17, 15) is 0 Å². The molecule has 0 amide bonds. The third kappa shape index (κ3) is 3.95. The molecule has 1 aromatic heterocycles. The van der Waals surface area contributed by atoms with Gasteiger partial charge in [-0.25, -0.2) is 0 Å². The Morgan fingerprint density at radius 3 is 2.59 bits per heavy atom. The van der Waals surface area contributed by atoms with Gasteiger partial charge in [-0.05, 0) is 30.3 Å². The SMILES string of the molecule is COc1ccc(Nc2cnnc(Nc3ccc4c(c3)OCCO4)n2)cc1Cl. The van der Waals surface area contributed by atoms with Crippen molar-refractivity contribution >= 4 is 34.7 Å². The normalized spacial score (nSPS) is 12.4. The van der Waals surface area contributed by atoms with Crippen molar-refractivity contribution in [3.05, 3.63) is 47.6 Å². The van der Waals surface area contributed by atoms with Gasteiger partial charge in [-0.15, -0.1) is 5.10 Å². The zero-order valence-corrected chi connectivity index (χ0v) is 15.2. The van der Waals surface area contributed by atoms with E-state index in [0.717, 1.165) is 17.1 Å². The summed E-state index contributed by atoms with van der Waals surface area (Å²) in [6.07, 6.45) is 1.52. The van der Waals surface area contributed by atoms with Crippen molar-refractivity contribution in [1.29, 1.82) is 0 Å². The van der Waals surface area contributed by atoms with Crippen molar-refractivity contribution < 1.29 is 14.2 Å². The summed E-state index contributed by atoms with van der Waals surface area (Å²) in [4.78, 5) is 4.41. The number of nitrogens with zero attached hydrogens (tertiary/aromatic N) is 3. The molecule has 0 fully saturated rings. The van der Waals surface area contributed by atoms with Crippen LogP contribution in [0.4, 0.5) is 23.1 Å². The number of aromatic nitrogens is 3. The smallest absolute Gasteiger partial charge is 0.249 e. The molecule has 1 aliphatic rings. The van der Waals surface area contributed by atoms with E-state index < -0.39 is 0 Å². The van der Waals surface area contributed by atoms with Crippen molar-refractivity contribution in [2.75, 3.05) is 31.0 Å². The standard InChI is InChI=1S/C18H16ClN5O3/c1-25-14-4-2-11(8-13(14)19)21-17-10-20-24-18(23-17)22-12-3-5-15-16(9-12)27-7-6-26-15/h2-5,8-10H,6-7H2,1H3,(H2,21,22,23,24). The van der Waals surface area contributed by atoms with Crippen LogP contribution in [0.15, 0.2) is 42.6 Å². The molecule has 3 aromatic rings. The van der Waals surface area contributed by atoms with Crippen LogP contribution < -0.4 is 24.8 Å². The molecule has 4 rings (SSSR count). The highest BCUT2D eigenvalue weighted by atomic mass is 35.5. The quantitative estimate of drug-likeness (QED) is 0.685. The lowest BCUT2D eigenvalue weighted by Gasteiger charge is -2.19. The summed E-state index contributed by atoms with van der Waals surface area (Å²) in [5.41, 5.74) is 1.53. The second kappa shape index (κ2) is 7.55. The summed E-state index contributed by atoms with van der Waals surface area (Å²) in [5, 5.41) is 14.7. The monoisotopic (exact) mass is 385 g/mol. The van der Waals surface area contributed by atoms with Gasteiger partial charge in [0.1, 0.15) is 19.0 Å². The number of hydrogen-bond donors (Lipinski definition) is 2. The molecule has 0 unspecified atom stereocenters. The molecule has 0 atom stereocenters. The molecule has 0 saturated heterocycles. The van der Waals surface area contributed by atoms with E-state index in [-0.39, 0.29) is 0 Å². The summed E-state index contributed by atoms with van der Waals surface area (Å²) < 4.78 is 16.2. The third-order valence-electron chi connectivity index (χ3n) is 3.78. The number of anilines is 4. The van der Waals surface area contributed by atoms with Crippen LogP contribution in [0, 0.1) is 0 Å². The van der Waals surface area contributed by atoms with Crippen LogP contribution in [0.25, 0.3) is 0 Å². The van der Waals surface area contributed by atoms with Crippen molar-refractivity contribution in [2.24, 2.45) is 0 Å². The van der Waals surface area contributed by atoms with Crippen LogP contribution >= 0.6 is 11.6 Å². The Hall–Kier alpha value is -3.26. The molecule has 27 heavy (non-hydrogen) atoms. The van der Waals surface area contributed by atoms with E-state index in [0.29, 0.717) is 41.5 Å². The van der Waals surface area contributed by atoms with E-state index in [1.807, 2.05) is 24.3 Å². The topological polar surface area (TPSA) is 90.4 Å². The minimum atomic E-state index is 0.344. The van der Waals surface area contributed by atoms with Gasteiger partial charge in [-0.3, -0.25) is 0 Å². The summed E-state index contributed by atoms with van der Waals surface area (Å²) in [5.74, 6) is 2.87. The van der Waals surface area contributed by atoms with E-state index in [2.05, 4.69) is 25.8 Å². The summed E-state index contributed by atoms with van der Waals surface area (Å²) in [6.45, 7) is 1.08. The number of hydrogen-bond acceptors (Lipinski definition) is 8. The highest BCUT2D eigenvalue weighted by Crippen LogP contribution is 2.33. The molecule has 0 saturated carbocycles. The van der Waals surface area contributed by atoms with Crippen molar-refractivity contribution in [1.82, 2.24) is 15.2 Å². The second-order valence-electron chi connectivity index (χ2n) is 5.62. The van der Waals surface area contributed by atoms with Crippen LogP contribution in [0.3, 0.4) is 0 Å². The van der Waals surface area contributed by atoms with Gasteiger partial charge in [0, 0.05) is 17.4 Å². The Morgan fingerprint density at radius 2 is 1.78 bits per heavy atom. The Kier molecular flexibility index (Phi) is 4.80. The third-order valence-corrected chi connectivity index (χ3v) is 4.08. The zero-order chi connectivity index (χ0) is 18.6. The van der Waals surface area contributed by atoms with Crippen LogP contribution in [0.2, 0.25) is 5.02 Å². The predicted octanol–water partition coefficient (Wildman–Crippen LogP) is 3.79. The van der Waals surface area contributed by atoms with E-state index in [4.69, 9.17) is 25.8 Å². The fourth-order valence-corrected chi connectivity index (χ4v) is 2.82. The average molecular weight is 386 g/mol. The summed E-state index contributed by atoms with van der Waals surface area (Å²) in [7, 11) is 1.57. The first kappa shape index (κ1) is 17.2. The Bertz CT molecular complexity index is 969. The maximum absolute atomic E-state index is 6.14. The zero-order valence-electron chi connectivity index (χ0n) is 14.4. The van der Waals surface area contributed by atoms with Gasteiger partial charge in [-0.1, -0.05) is 11.6 Å². The minimum absolute atomic E-state index is 0.344. The largest absolute Gasteiger partial charge is 0.495 e. The van der Waals surface area contributed by atoms with Crippen LogP contribution in [-0.2, 0) is 0 Å². The van der Waals surface area contributed by atoms with Crippen molar-refractivity contribution in [3.63, 3.8) is 0 Å². The lowest BCUT2D eigenvalue weighted by Crippen LogP contribution is -2.15. The van der Waals surface area contributed by atoms with Crippen molar-refractivity contribution in [2.45, 2.75) is 0 Å². The number of fused-ring (bicyclic) bond motifs is 1. The second-order valence-corrected chi connectivity index (χ2v) is 6.03. The molecule has 2 aromatic carbocycles. The highest BCUT2D eigenvalue weighted by molar-refractivity contribution is 6.32. The van der Waals surface area contributed by atoms with Crippen molar-refractivity contribution in [3.8, 4) is 17.2 Å². The number of methoxy groups -OCH3 is 1. The molecule has 0 aliphatic carbocycles. The number of halogens is 1. The molecular formula is C18H16ClN5O3. The van der Waals surface area contributed by atoms with Crippen LogP contribution in [0.1, 0.15) is 0 Å². The number of rotatable bonds is 5. The maximum Gasteiger partial charge on any atom is 0.249 e. The van der Waals surface area contributed by atoms with Crippen LogP contribution in [-0.4, -0.2) is 35.5 Å². The molecule has 2 heterocycles. The first-order valence-electron chi connectivity index (χ1n) is 8.18. The Morgan fingerprint density at radius 1 is 1.00 bits per heavy atom. The van der Waals surface area contributed by atoms with Gasteiger partial charge < -0.3 is 24.8 Å². The predicted molar refractivity (Wildman–Crippen MR) is 102 cm³/mol. The van der Waals surface area contributed by atoms with Gasteiger partial charge >= 0.3 is 0 Å². The highest BCUT2D eigenvalue weighted by Gasteiger charge is 2.12. The van der Waals surface area contributed by atoms with Gasteiger partial charge in [0.2, 0.25) is 5.95 Å². The van der Waals surface area contributed by atoms with Gasteiger partial charge in [0.25, 0.3) is 0 Å². The minimum Gasteiger partial charge on any atom is -0.495 e. The molecular weight excluding hydrogens is 370 g/mol. The van der Waals surface area contributed by atoms with Crippen LogP contribution in [0.5, 0.6) is 17.2 Å². The Labute approximate surface area is 160 Å². The number of benzene rings is 2. The van der Waals surface area contributed by atoms with Gasteiger partial charge in [0.05, 0.1) is 18.3 Å². The van der Waals surface area contributed by atoms with Gasteiger partial charge in [-0.2, -0.15) is 10.1 Å². The summed E-state index contributed by atoms with van der Waals surface area (Å²) >= 11 is 6.14. The number of ether oxygens (including phenoxy) is 3. The Balaban J connectivity index is 1.50. The lowest BCUT2D eigenvalue weighted by atomic mass is 10.2. The lowest BCUT2D eigenvalue weighted by molar-refractivity contribution is 0.171. The summed E-state index contributed by atoms with van der Waals surface area (Å²) in [6, 6.07) is 10.9. The fraction of sp³-hybridized carbons (Fsp3) is 0.167. The fourth-order valence-electron chi connectivity index (χ4n) is 2.56. The first-order chi connectivity index (χ1) is 13.2.